The van der Waals surface area contributed by atoms with Gasteiger partial charge in [-0.3, -0.25) is 0 Å². The summed E-state index contributed by atoms with van der Waals surface area (Å²) in [6, 6.07) is 9.28. The topological polar surface area (TPSA) is 37.3 Å². The summed E-state index contributed by atoms with van der Waals surface area (Å²) in [5.41, 5.74) is 1.48. The zero-order valence-electron chi connectivity index (χ0n) is 7.10. The van der Waals surface area contributed by atoms with Crippen LogP contribution in [-0.4, -0.2) is 11.1 Å². The molecule has 0 saturated carbocycles. The highest BCUT2D eigenvalue weighted by Gasteiger charge is 1.98. The van der Waals surface area contributed by atoms with E-state index in [1.807, 2.05) is 30.3 Å². The Kier molecular flexibility index (Phi) is 3.03. The summed E-state index contributed by atoms with van der Waals surface area (Å²) < 4.78 is 0. The van der Waals surface area contributed by atoms with Crippen LogP contribution in [0.3, 0.4) is 0 Å². The van der Waals surface area contributed by atoms with Gasteiger partial charge in [0.2, 0.25) is 0 Å². The molecule has 1 N–H and O–H groups in total. The minimum absolute atomic E-state index is 0.619. The van der Waals surface area contributed by atoms with Gasteiger partial charge in [0.25, 0.3) is 0 Å². The largest absolute Gasteiger partial charge is 0.478 e. The van der Waals surface area contributed by atoms with E-state index in [1.54, 1.807) is 0 Å². The maximum atomic E-state index is 10.4. The van der Waals surface area contributed by atoms with Crippen LogP contribution in [0, 0.1) is 0 Å². The fraction of sp³-hybridized carbons (Fsp3) is 0. The zero-order valence-corrected chi connectivity index (χ0v) is 7.10. The van der Waals surface area contributed by atoms with Crippen molar-refractivity contribution >= 4 is 11.5 Å². The average molecular weight is 174 g/mol. The molecule has 0 saturated heterocycles. The first-order chi connectivity index (χ1) is 6.24. The third kappa shape index (κ3) is 2.60. The summed E-state index contributed by atoms with van der Waals surface area (Å²) in [7, 11) is 0. The van der Waals surface area contributed by atoms with Crippen LogP contribution in [0.5, 0.6) is 0 Å². The van der Waals surface area contributed by atoms with Crippen molar-refractivity contribution in [3.05, 3.63) is 54.6 Å². The summed E-state index contributed by atoms with van der Waals surface area (Å²) in [6.45, 7) is 3.56. The number of carbonyl (C=O) groups is 1. The van der Waals surface area contributed by atoms with Gasteiger partial charge < -0.3 is 5.11 Å². The van der Waals surface area contributed by atoms with Crippen LogP contribution in [0.15, 0.2) is 49.1 Å². The summed E-state index contributed by atoms with van der Waals surface area (Å²) in [5, 5.41) is 8.55. The first-order valence-electron chi connectivity index (χ1n) is 3.86. The van der Waals surface area contributed by atoms with Gasteiger partial charge in [0.1, 0.15) is 0 Å². The summed E-state index contributed by atoms with van der Waals surface area (Å²) in [4.78, 5) is 10.4. The second-order valence-electron chi connectivity index (χ2n) is 2.51. The fourth-order valence-corrected chi connectivity index (χ4v) is 1.02. The molecule has 1 aromatic rings. The molecule has 0 aliphatic carbocycles. The highest BCUT2D eigenvalue weighted by Crippen LogP contribution is 2.13. The lowest BCUT2D eigenvalue weighted by atomic mass is 10.1. The molecular weight excluding hydrogens is 164 g/mol. The third-order valence-corrected chi connectivity index (χ3v) is 1.61. The van der Waals surface area contributed by atoms with Crippen molar-refractivity contribution in [3.63, 3.8) is 0 Å². The molecule has 0 spiro atoms. The molecule has 0 fully saturated rings. The van der Waals surface area contributed by atoms with E-state index in [0.717, 1.165) is 11.6 Å². The van der Waals surface area contributed by atoms with E-state index in [9.17, 15) is 4.79 Å². The highest BCUT2D eigenvalue weighted by molar-refractivity contribution is 5.92. The van der Waals surface area contributed by atoms with Gasteiger partial charge in [-0.2, -0.15) is 0 Å². The normalized spacial score (nSPS) is 10.9. The van der Waals surface area contributed by atoms with Gasteiger partial charge in [-0.1, -0.05) is 43.0 Å². The Morgan fingerprint density at radius 1 is 1.31 bits per heavy atom. The number of hydrogen-bond acceptors (Lipinski definition) is 1. The minimum Gasteiger partial charge on any atom is -0.478 e. The number of aliphatic carboxylic acids is 1. The van der Waals surface area contributed by atoms with Gasteiger partial charge in [-0.05, 0) is 11.1 Å². The van der Waals surface area contributed by atoms with E-state index in [1.165, 1.54) is 6.08 Å². The molecule has 0 unspecified atom stereocenters. The van der Waals surface area contributed by atoms with Crippen molar-refractivity contribution < 1.29 is 9.90 Å². The van der Waals surface area contributed by atoms with E-state index in [0.29, 0.717) is 5.57 Å². The Morgan fingerprint density at radius 2 is 1.92 bits per heavy atom. The smallest absolute Gasteiger partial charge is 0.328 e. The molecular formula is C11H10O2. The summed E-state index contributed by atoms with van der Waals surface area (Å²) in [6.07, 6.45) is 2.67. The summed E-state index contributed by atoms with van der Waals surface area (Å²) >= 11 is 0. The number of hydrogen-bond donors (Lipinski definition) is 1. The van der Waals surface area contributed by atoms with Crippen LogP contribution < -0.4 is 0 Å². The molecule has 0 aliphatic rings. The Balaban J connectivity index is 3.05. The SMILES string of the molecule is C=C/C(=C\C(=O)O)c1ccccc1. The lowest BCUT2D eigenvalue weighted by Crippen LogP contribution is -1.90. The number of carboxylic acids is 1. The van der Waals surface area contributed by atoms with Gasteiger partial charge >= 0.3 is 5.97 Å². The maximum absolute atomic E-state index is 10.4. The standard InChI is InChI=1S/C11H10O2/c1-2-9(8-11(12)13)10-6-4-3-5-7-10/h2-8H,1H2,(H,12,13)/b9-8+. The first-order valence-corrected chi connectivity index (χ1v) is 3.86. The molecule has 2 heteroatoms. The van der Waals surface area contributed by atoms with Crippen molar-refractivity contribution in [2.24, 2.45) is 0 Å². The molecule has 0 heterocycles. The Labute approximate surface area is 76.8 Å². The molecule has 66 valence electrons. The van der Waals surface area contributed by atoms with Gasteiger partial charge in [0, 0.05) is 6.08 Å². The second kappa shape index (κ2) is 4.26. The Bertz CT molecular complexity index is 336. The fourth-order valence-electron chi connectivity index (χ4n) is 1.02. The zero-order chi connectivity index (χ0) is 9.68. The van der Waals surface area contributed by atoms with Crippen LogP contribution in [-0.2, 0) is 4.79 Å². The molecule has 0 bridgehead atoms. The minimum atomic E-state index is -0.959. The average Bonchev–Trinajstić information content (AvgIpc) is 2.15. The quantitative estimate of drug-likeness (QED) is 0.564. The Hall–Kier alpha value is -1.83. The molecule has 1 aromatic carbocycles. The van der Waals surface area contributed by atoms with Gasteiger partial charge in [-0.15, -0.1) is 0 Å². The Morgan fingerprint density at radius 3 is 2.38 bits per heavy atom. The van der Waals surface area contributed by atoms with Crippen molar-refractivity contribution in [3.8, 4) is 0 Å². The molecule has 0 radical (unpaired) electrons. The van der Waals surface area contributed by atoms with Gasteiger partial charge in [0.15, 0.2) is 0 Å². The first kappa shape index (κ1) is 9.26. The van der Waals surface area contributed by atoms with Crippen molar-refractivity contribution in [2.45, 2.75) is 0 Å². The van der Waals surface area contributed by atoms with Crippen molar-refractivity contribution in [1.29, 1.82) is 0 Å². The van der Waals surface area contributed by atoms with Crippen molar-refractivity contribution in [2.75, 3.05) is 0 Å². The van der Waals surface area contributed by atoms with Crippen LogP contribution in [0.4, 0.5) is 0 Å². The van der Waals surface area contributed by atoms with Crippen LogP contribution in [0.25, 0.3) is 5.57 Å². The highest BCUT2D eigenvalue weighted by atomic mass is 16.4. The van der Waals surface area contributed by atoms with Crippen molar-refractivity contribution in [1.82, 2.24) is 0 Å². The molecule has 1 rings (SSSR count). The molecule has 2 nitrogen and oxygen atoms in total. The number of allylic oxidation sites excluding steroid dienone is 2. The molecule has 0 aromatic heterocycles. The maximum Gasteiger partial charge on any atom is 0.328 e. The molecule has 0 aliphatic heterocycles. The second-order valence-corrected chi connectivity index (χ2v) is 2.51. The number of rotatable bonds is 3. The third-order valence-electron chi connectivity index (χ3n) is 1.61. The lowest BCUT2D eigenvalue weighted by Gasteiger charge is -1.99. The van der Waals surface area contributed by atoms with Crippen LogP contribution >= 0.6 is 0 Å². The van der Waals surface area contributed by atoms with E-state index < -0.39 is 5.97 Å². The van der Waals surface area contributed by atoms with Crippen LogP contribution in [0.2, 0.25) is 0 Å². The van der Waals surface area contributed by atoms with E-state index in [4.69, 9.17) is 5.11 Å². The predicted molar refractivity (Wildman–Crippen MR) is 52.3 cm³/mol. The van der Waals surface area contributed by atoms with E-state index in [2.05, 4.69) is 6.58 Å². The van der Waals surface area contributed by atoms with Gasteiger partial charge in [0.05, 0.1) is 0 Å². The van der Waals surface area contributed by atoms with E-state index >= 15 is 0 Å². The van der Waals surface area contributed by atoms with Crippen LogP contribution in [0.1, 0.15) is 5.56 Å². The summed E-state index contributed by atoms with van der Waals surface area (Å²) in [5.74, 6) is -0.959. The van der Waals surface area contributed by atoms with E-state index in [-0.39, 0.29) is 0 Å². The predicted octanol–water partition coefficient (Wildman–Crippen LogP) is 2.34. The van der Waals surface area contributed by atoms with Gasteiger partial charge in [-0.25, -0.2) is 4.79 Å². The molecule has 13 heavy (non-hydrogen) atoms. The lowest BCUT2D eigenvalue weighted by molar-refractivity contribution is -0.131. The number of carboxylic acid groups (broad SMARTS) is 1. The monoisotopic (exact) mass is 174 g/mol. The molecule has 0 amide bonds. The number of benzene rings is 1. The molecule has 0 atom stereocenters.